The van der Waals surface area contributed by atoms with E-state index in [1.54, 1.807) is 0 Å². The second-order valence-electron chi connectivity index (χ2n) is 9.10. The zero-order valence-electron chi connectivity index (χ0n) is 19.0. The van der Waals surface area contributed by atoms with Gasteiger partial charge in [-0.1, -0.05) is 60.7 Å². The molecule has 34 heavy (non-hydrogen) atoms. The standard InChI is InChI=1S/C29H27N3O2/c33-19-22-14-10-20(11-15-22)16-17-32-26(18-21-12-13-21)31-27-28(32)24-8-4-5-9-25(24)30-29(27)34-23-6-2-1-3-7-23/h1-11,14-15,21,33H,12-13,16-19H2. The molecule has 0 aliphatic heterocycles. The van der Waals surface area contributed by atoms with Crippen molar-refractivity contribution in [1.29, 1.82) is 0 Å². The summed E-state index contributed by atoms with van der Waals surface area (Å²) < 4.78 is 8.65. The second kappa shape index (κ2) is 8.92. The summed E-state index contributed by atoms with van der Waals surface area (Å²) in [6.07, 6.45) is 4.42. The third-order valence-corrected chi connectivity index (χ3v) is 6.59. The smallest absolute Gasteiger partial charge is 0.248 e. The van der Waals surface area contributed by atoms with Gasteiger partial charge < -0.3 is 14.4 Å². The van der Waals surface area contributed by atoms with Crippen molar-refractivity contribution in [1.82, 2.24) is 14.5 Å². The van der Waals surface area contributed by atoms with E-state index in [2.05, 4.69) is 28.8 Å². The van der Waals surface area contributed by atoms with Crippen LogP contribution in [0, 0.1) is 5.92 Å². The maximum atomic E-state index is 9.36. The Kier molecular flexibility index (Phi) is 5.47. The summed E-state index contributed by atoms with van der Waals surface area (Å²) in [7, 11) is 0. The monoisotopic (exact) mass is 449 g/mol. The fourth-order valence-electron chi connectivity index (χ4n) is 4.56. The van der Waals surface area contributed by atoms with Gasteiger partial charge in [-0.25, -0.2) is 9.97 Å². The maximum Gasteiger partial charge on any atom is 0.248 e. The van der Waals surface area contributed by atoms with E-state index < -0.39 is 0 Å². The highest BCUT2D eigenvalue weighted by molar-refractivity contribution is 6.04. The van der Waals surface area contributed by atoms with Crippen molar-refractivity contribution in [2.45, 2.75) is 38.8 Å². The van der Waals surface area contributed by atoms with E-state index in [4.69, 9.17) is 14.7 Å². The molecule has 1 N–H and O–H groups in total. The van der Waals surface area contributed by atoms with Crippen LogP contribution in [0.2, 0.25) is 0 Å². The molecule has 5 nitrogen and oxygen atoms in total. The molecule has 6 rings (SSSR count). The number of ether oxygens (including phenoxy) is 1. The first-order valence-electron chi connectivity index (χ1n) is 12.0. The summed E-state index contributed by atoms with van der Waals surface area (Å²) in [6.45, 7) is 0.900. The molecule has 0 bridgehead atoms. The van der Waals surface area contributed by atoms with Crippen LogP contribution in [0.4, 0.5) is 0 Å². The Labute approximate surface area is 198 Å². The van der Waals surface area contributed by atoms with E-state index in [1.165, 1.54) is 18.4 Å². The Balaban J connectivity index is 1.47. The lowest BCUT2D eigenvalue weighted by molar-refractivity contribution is 0.282. The van der Waals surface area contributed by atoms with Gasteiger partial charge in [0.05, 0.1) is 17.6 Å². The lowest BCUT2D eigenvalue weighted by atomic mass is 10.1. The van der Waals surface area contributed by atoms with Gasteiger partial charge in [0.1, 0.15) is 11.6 Å². The van der Waals surface area contributed by atoms with Gasteiger partial charge in [-0.05, 0) is 54.5 Å². The van der Waals surface area contributed by atoms with Gasteiger partial charge in [0.2, 0.25) is 5.88 Å². The number of aliphatic hydroxyl groups is 1. The lowest BCUT2D eigenvalue weighted by Crippen LogP contribution is -2.07. The summed E-state index contributed by atoms with van der Waals surface area (Å²) in [5, 5.41) is 10.5. The predicted molar refractivity (Wildman–Crippen MR) is 134 cm³/mol. The molecule has 170 valence electrons. The third kappa shape index (κ3) is 4.15. The zero-order valence-corrected chi connectivity index (χ0v) is 19.0. The number of fused-ring (bicyclic) bond motifs is 3. The van der Waals surface area contributed by atoms with Crippen LogP contribution >= 0.6 is 0 Å². The number of nitrogens with zero attached hydrogens (tertiary/aromatic N) is 3. The first-order chi connectivity index (χ1) is 16.8. The Morgan fingerprint density at radius 2 is 1.59 bits per heavy atom. The van der Waals surface area contributed by atoms with Crippen molar-refractivity contribution >= 4 is 21.9 Å². The molecule has 0 unspecified atom stereocenters. The van der Waals surface area contributed by atoms with Crippen molar-refractivity contribution < 1.29 is 9.84 Å². The highest BCUT2D eigenvalue weighted by atomic mass is 16.5. The second-order valence-corrected chi connectivity index (χ2v) is 9.10. The topological polar surface area (TPSA) is 60.2 Å². The van der Waals surface area contributed by atoms with E-state index >= 15 is 0 Å². The van der Waals surface area contributed by atoms with E-state index in [9.17, 15) is 5.11 Å². The van der Waals surface area contributed by atoms with Crippen molar-refractivity contribution in [2.75, 3.05) is 0 Å². The minimum Gasteiger partial charge on any atom is -0.437 e. The number of aryl methyl sites for hydroxylation is 2. The Hall–Kier alpha value is -3.70. The molecule has 3 aromatic carbocycles. The van der Waals surface area contributed by atoms with Crippen molar-refractivity contribution in [2.24, 2.45) is 5.92 Å². The SMILES string of the molecule is OCc1ccc(CCn2c(CC3CC3)nc3c(Oc4ccccc4)nc4ccccc4c32)cc1. The number of imidazole rings is 1. The van der Waals surface area contributed by atoms with Crippen LogP contribution in [0.5, 0.6) is 11.6 Å². The van der Waals surface area contributed by atoms with Crippen molar-refractivity contribution in [3.05, 3.63) is 95.8 Å². The molecule has 0 spiro atoms. The Bertz CT molecular complexity index is 1440. The minimum atomic E-state index is 0.0706. The summed E-state index contributed by atoms with van der Waals surface area (Å²) in [5.74, 6) is 3.15. The molecule has 1 aliphatic rings. The van der Waals surface area contributed by atoms with Crippen LogP contribution < -0.4 is 4.74 Å². The van der Waals surface area contributed by atoms with Gasteiger partial charge in [0.25, 0.3) is 0 Å². The van der Waals surface area contributed by atoms with Gasteiger partial charge in [-0.2, -0.15) is 0 Å². The van der Waals surface area contributed by atoms with E-state index in [-0.39, 0.29) is 6.61 Å². The van der Waals surface area contributed by atoms with Crippen LogP contribution in [0.25, 0.3) is 21.9 Å². The van der Waals surface area contributed by atoms with Crippen LogP contribution in [0.15, 0.2) is 78.9 Å². The predicted octanol–water partition coefficient (Wildman–Crippen LogP) is 6.06. The zero-order chi connectivity index (χ0) is 22.9. The molecule has 0 amide bonds. The van der Waals surface area contributed by atoms with Gasteiger partial charge >= 0.3 is 0 Å². The highest BCUT2D eigenvalue weighted by Crippen LogP contribution is 2.37. The summed E-state index contributed by atoms with van der Waals surface area (Å²) >= 11 is 0. The molecule has 2 aromatic heterocycles. The molecule has 2 heterocycles. The summed E-state index contributed by atoms with van der Waals surface area (Å²) in [5.41, 5.74) is 5.02. The molecular weight excluding hydrogens is 422 g/mol. The van der Waals surface area contributed by atoms with Gasteiger partial charge in [-0.15, -0.1) is 0 Å². The fourth-order valence-corrected chi connectivity index (χ4v) is 4.56. The maximum absolute atomic E-state index is 9.36. The average molecular weight is 450 g/mol. The highest BCUT2D eigenvalue weighted by Gasteiger charge is 2.26. The number of aliphatic hydroxyl groups excluding tert-OH is 1. The first kappa shape index (κ1) is 20.9. The van der Waals surface area contributed by atoms with Crippen molar-refractivity contribution in [3.8, 4) is 11.6 Å². The lowest BCUT2D eigenvalue weighted by Gasteiger charge is -2.12. The van der Waals surface area contributed by atoms with Crippen molar-refractivity contribution in [3.63, 3.8) is 0 Å². The Morgan fingerprint density at radius 1 is 0.853 bits per heavy atom. The van der Waals surface area contributed by atoms with E-state index in [0.29, 0.717) is 5.88 Å². The van der Waals surface area contributed by atoms with Gasteiger partial charge in [0.15, 0.2) is 5.52 Å². The molecule has 5 heteroatoms. The van der Waals surface area contributed by atoms with Crippen LogP contribution in [0.3, 0.4) is 0 Å². The number of para-hydroxylation sites is 2. The summed E-state index contributed by atoms with van der Waals surface area (Å²) in [6, 6.07) is 26.3. The van der Waals surface area contributed by atoms with E-state index in [1.807, 2.05) is 54.6 Å². The molecule has 1 fully saturated rings. The number of hydrogen-bond donors (Lipinski definition) is 1. The quantitative estimate of drug-likeness (QED) is 0.313. The van der Waals surface area contributed by atoms with Crippen LogP contribution in [-0.2, 0) is 26.0 Å². The molecule has 1 saturated carbocycles. The minimum absolute atomic E-state index is 0.0706. The van der Waals surface area contributed by atoms with E-state index in [0.717, 1.165) is 64.4 Å². The first-order valence-corrected chi connectivity index (χ1v) is 12.0. The van der Waals surface area contributed by atoms with Gasteiger partial charge in [-0.3, -0.25) is 0 Å². The molecule has 0 saturated heterocycles. The third-order valence-electron chi connectivity index (χ3n) is 6.59. The normalized spacial score (nSPS) is 13.6. The average Bonchev–Trinajstić information content (AvgIpc) is 3.62. The molecular formula is C29H27N3O2. The number of benzene rings is 3. The molecule has 0 atom stereocenters. The Morgan fingerprint density at radius 3 is 2.35 bits per heavy atom. The largest absolute Gasteiger partial charge is 0.437 e. The number of aromatic nitrogens is 3. The number of pyridine rings is 1. The fraction of sp³-hybridized carbons (Fsp3) is 0.241. The molecule has 0 radical (unpaired) electrons. The summed E-state index contributed by atoms with van der Waals surface area (Å²) in [4.78, 5) is 9.98. The van der Waals surface area contributed by atoms with Crippen LogP contribution in [-0.4, -0.2) is 19.6 Å². The van der Waals surface area contributed by atoms with Crippen LogP contribution in [0.1, 0.15) is 29.8 Å². The number of rotatable bonds is 8. The number of hydrogen-bond acceptors (Lipinski definition) is 4. The molecule has 1 aliphatic carbocycles. The van der Waals surface area contributed by atoms with Gasteiger partial charge in [0, 0.05) is 18.4 Å². The molecule has 5 aromatic rings.